The Balaban J connectivity index is -0.000000387. The number of carbonyl (C=O) groups excluding carboxylic acids is 2. The number of aliphatic carboxylic acids is 2. The van der Waals surface area contributed by atoms with Crippen LogP contribution in [0.5, 0.6) is 0 Å². The Kier molecular flexibility index (Phi) is 20.8. The van der Waals surface area contributed by atoms with Crippen molar-refractivity contribution in [2.75, 3.05) is 0 Å². The first-order valence-electron chi connectivity index (χ1n) is 8.47. The van der Waals surface area contributed by atoms with Crippen LogP contribution >= 0.6 is 0 Å². The summed E-state index contributed by atoms with van der Waals surface area (Å²) in [5.41, 5.74) is 2.03. The largest absolute Gasteiger partial charge is 2.00 e. The van der Waals surface area contributed by atoms with Crippen LogP contribution in [0.4, 0.5) is 0 Å². The summed E-state index contributed by atoms with van der Waals surface area (Å²) in [5.74, 6) is -2.89. The number of rotatable bonds is 3. The van der Waals surface area contributed by atoms with Crippen molar-refractivity contribution in [3.63, 3.8) is 0 Å². The van der Waals surface area contributed by atoms with Crippen molar-refractivity contribution < 1.29 is 66.7 Å². The maximum absolute atomic E-state index is 8.93. The molecule has 11 N–H and O–H groups in total. The minimum absolute atomic E-state index is 0. The molecule has 0 fully saturated rings. The Bertz CT molecular complexity index is 1010. The molecule has 15 nitrogen and oxygen atoms in total. The zero-order chi connectivity index (χ0) is 21.3. The number of carboxylic acid groups (broad SMARTS) is 2. The van der Waals surface area contributed by atoms with E-state index in [9.17, 15) is 0 Å². The van der Waals surface area contributed by atoms with E-state index in [0.717, 1.165) is 0 Å². The maximum Gasteiger partial charge on any atom is 2.00 e. The molecule has 0 aliphatic rings. The summed E-state index contributed by atoms with van der Waals surface area (Å²) in [6.07, 6.45) is 5.13. The summed E-state index contributed by atoms with van der Waals surface area (Å²) in [7, 11) is 0. The fourth-order valence-electron chi connectivity index (χ4n) is 2.20. The first kappa shape index (κ1) is 39.1. The molecule has 16 heteroatoms. The second-order valence-corrected chi connectivity index (χ2v) is 5.53. The van der Waals surface area contributed by atoms with Gasteiger partial charge in [0.25, 0.3) is 0 Å². The molecule has 0 radical (unpaired) electrons. The van der Waals surface area contributed by atoms with Gasteiger partial charge in [0.1, 0.15) is 17.1 Å². The molecule has 0 saturated carbocycles. The van der Waals surface area contributed by atoms with E-state index in [1.54, 1.807) is 18.6 Å². The monoisotopic (exact) mass is 555 g/mol. The fraction of sp³-hybridized carbons (Fsp3) is 0. The molecule has 0 aliphatic heterocycles. The van der Waals surface area contributed by atoms with Crippen molar-refractivity contribution in [2.24, 2.45) is 0 Å². The van der Waals surface area contributed by atoms with Crippen molar-refractivity contribution in [3.8, 4) is 34.6 Å². The molecule has 4 heterocycles. The van der Waals surface area contributed by atoms with E-state index in [1.807, 2.05) is 54.6 Å². The van der Waals surface area contributed by atoms with Crippen LogP contribution in [0.25, 0.3) is 34.6 Å². The van der Waals surface area contributed by atoms with Crippen molar-refractivity contribution in [3.05, 3.63) is 73.2 Å². The number of hydrogen-bond donors (Lipinski definition) is 0. The van der Waals surface area contributed by atoms with Crippen LogP contribution in [0.15, 0.2) is 73.2 Å². The molecule has 4 aromatic heterocycles. The van der Waals surface area contributed by atoms with E-state index in [2.05, 4.69) is 29.9 Å². The Labute approximate surface area is 216 Å². The third-order valence-corrected chi connectivity index (χ3v) is 3.48. The molecule has 0 saturated heterocycles. The second-order valence-electron chi connectivity index (χ2n) is 5.53. The average Bonchev–Trinajstić information content (AvgIpc) is 2.81. The zero-order valence-corrected chi connectivity index (χ0v) is 21.5. The van der Waals surface area contributed by atoms with E-state index in [4.69, 9.17) is 19.8 Å². The van der Waals surface area contributed by atoms with Gasteiger partial charge in [-0.25, -0.2) is 15.0 Å². The van der Waals surface area contributed by atoms with Gasteiger partial charge in [-0.05, 0) is 36.4 Å². The van der Waals surface area contributed by atoms with Crippen LogP contribution in [-0.2, 0) is 34.5 Å². The smallest absolute Gasteiger partial charge is 0.543 e. The van der Waals surface area contributed by atoms with Crippen LogP contribution in [0.2, 0.25) is 0 Å². The number of aromatic nitrogens is 6. The van der Waals surface area contributed by atoms with E-state index in [1.165, 1.54) is 0 Å². The third kappa shape index (κ3) is 10.8. The van der Waals surface area contributed by atoms with Crippen molar-refractivity contribution in [1.29, 1.82) is 0 Å². The maximum atomic E-state index is 8.93. The normalized spacial score (nSPS) is 8.22. The van der Waals surface area contributed by atoms with Gasteiger partial charge >= 0.3 is 19.5 Å². The quantitative estimate of drug-likeness (QED) is 0.132. The molecule has 0 bridgehead atoms. The third-order valence-electron chi connectivity index (χ3n) is 3.48. The van der Waals surface area contributed by atoms with E-state index < -0.39 is 11.9 Å². The van der Waals surface area contributed by atoms with Crippen LogP contribution < -0.4 is 10.2 Å². The molecule has 0 unspecified atom stereocenters. The van der Waals surface area contributed by atoms with E-state index in [-0.39, 0.29) is 46.9 Å². The van der Waals surface area contributed by atoms with Crippen LogP contribution in [0.3, 0.4) is 0 Å². The minimum Gasteiger partial charge on any atom is -0.543 e. The standard InChI is InChI=1S/C18H12N6.C2H2O4.5H2O.Zn/c1-4-10-19-13(7-1)16-22-17(14-8-2-5-11-20-14)24-18(23-16)15-9-3-6-12-21-15;3-1(4)2(5)6;;;;;;/h1-12H;(H,3,4)(H,5,6);5*1H2;/q;;;;;;;+2/p-1. The summed E-state index contributed by atoms with van der Waals surface area (Å²) >= 11 is 0. The first-order chi connectivity index (χ1) is 14.5. The van der Waals surface area contributed by atoms with Gasteiger partial charge in [0, 0.05) is 18.6 Å². The van der Waals surface area contributed by atoms with Crippen LogP contribution in [-0.4, -0.2) is 63.7 Å². The molecular weight excluding hydrogens is 534 g/mol. The van der Waals surface area contributed by atoms with Gasteiger partial charge in [-0.1, -0.05) is 18.2 Å². The molecule has 0 aromatic carbocycles. The summed E-state index contributed by atoms with van der Waals surface area (Å²) in [6.45, 7) is 0. The second kappa shape index (κ2) is 19.2. The van der Waals surface area contributed by atoms with Crippen molar-refractivity contribution in [1.82, 2.24) is 29.9 Å². The molecule has 0 atom stereocenters. The summed E-state index contributed by atoms with van der Waals surface area (Å²) < 4.78 is 0. The SMILES string of the molecule is O.O.O.O.O=C([O-])C(=O)[O-].[OH3+].[Zn+2].c1ccc(-c2nc(-c3ccccn3)nc(-c3ccccn3)n2)nc1. The molecule has 4 rings (SSSR count). The number of nitrogens with zero attached hydrogens (tertiary/aromatic N) is 6. The van der Waals surface area contributed by atoms with Gasteiger partial charge in [0.2, 0.25) is 0 Å². The molecular formula is C20H23N6O9Zn+. The predicted octanol–water partition coefficient (Wildman–Crippen LogP) is -4.68. The Morgan fingerprint density at radius 3 is 0.944 bits per heavy atom. The number of hydrogen-bond acceptors (Lipinski definition) is 10. The Morgan fingerprint density at radius 2 is 0.778 bits per heavy atom. The van der Waals surface area contributed by atoms with E-state index >= 15 is 0 Å². The topological polar surface area (TPSA) is 317 Å². The van der Waals surface area contributed by atoms with Gasteiger partial charge in [0.15, 0.2) is 17.5 Å². The zero-order valence-electron chi connectivity index (χ0n) is 18.5. The summed E-state index contributed by atoms with van der Waals surface area (Å²) in [4.78, 5) is 44.4. The predicted molar refractivity (Wildman–Crippen MR) is 119 cm³/mol. The number of pyridine rings is 3. The minimum atomic E-state index is -2.19. The van der Waals surface area contributed by atoms with Gasteiger partial charge in [-0.2, -0.15) is 0 Å². The fourth-order valence-corrected chi connectivity index (χ4v) is 2.20. The molecule has 0 amide bonds. The number of carbonyl (C=O) groups is 2. The molecule has 188 valence electrons. The summed E-state index contributed by atoms with van der Waals surface area (Å²) in [6, 6.07) is 16.8. The van der Waals surface area contributed by atoms with Gasteiger partial charge in [0.05, 0.1) is 11.9 Å². The number of carboxylic acids is 2. The molecule has 0 aliphatic carbocycles. The molecule has 4 aromatic rings. The van der Waals surface area contributed by atoms with Gasteiger partial charge < -0.3 is 47.2 Å². The first-order valence-corrected chi connectivity index (χ1v) is 8.47. The van der Waals surface area contributed by atoms with Gasteiger partial charge in [-0.15, -0.1) is 0 Å². The van der Waals surface area contributed by atoms with Gasteiger partial charge in [-0.3, -0.25) is 15.0 Å². The van der Waals surface area contributed by atoms with Crippen molar-refractivity contribution >= 4 is 11.9 Å². The Morgan fingerprint density at radius 1 is 0.528 bits per heavy atom. The van der Waals surface area contributed by atoms with Crippen LogP contribution in [0, 0.1) is 0 Å². The van der Waals surface area contributed by atoms with E-state index in [0.29, 0.717) is 34.6 Å². The summed E-state index contributed by atoms with van der Waals surface area (Å²) in [5, 5.41) is 17.9. The average molecular weight is 557 g/mol. The van der Waals surface area contributed by atoms with Crippen molar-refractivity contribution in [2.45, 2.75) is 0 Å². The molecule has 0 spiro atoms. The molecule has 36 heavy (non-hydrogen) atoms. The Hall–Kier alpha value is -4.18. The van der Waals surface area contributed by atoms with Crippen LogP contribution in [0.1, 0.15) is 0 Å².